The summed E-state index contributed by atoms with van der Waals surface area (Å²) in [6, 6.07) is 10.3. The number of thioether (sulfide) groups is 1. The van der Waals surface area contributed by atoms with Crippen LogP contribution in [0.3, 0.4) is 0 Å². The van der Waals surface area contributed by atoms with Crippen LogP contribution < -0.4 is 5.73 Å². The molecule has 0 radical (unpaired) electrons. The molecule has 0 fully saturated rings. The third-order valence-electron chi connectivity index (χ3n) is 2.77. The second-order valence-electron chi connectivity index (χ2n) is 4.47. The fraction of sp³-hybridized carbons (Fsp3) is 0.385. The molecule has 5 heteroatoms. The van der Waals surface area contributed by atoms with Gasteiger partial charge in [-0.2, -0.15) is 0 Å². The summed E-state index contributed by atoms with van der Waals surface area (Å²) in [5.74, 6) is 0.481. The van der Waals surface area contributed by atoms with Crippen molar-refractivity contribution >= 4 is 23.1 Å². The Morgan fingerprint density at radius 1 is 1.22 bits per heavy atom. The minimum absolute atomic E-state index is 0.0140. The zero-order valence-corrected chi connectivity index (χ0v) is 12.1. The molecular weight excluding hydrogens is 262 g/mol. The van der Waals surface area contributed by atoms with E-state index in [1.54, 1.807) is 28.6 Å². The standard InChI is InChI=1S/C13H17N3S2/c1-9(2)12(18-13-16-15-8-17-13)11(14)10-6-4-3-5-7-10/h3-9,11-12H,14H2,1-2H3. The molecule has 0 bridgehead atoms. The molecule has 2 atom stereocenters. The lowest BCUT2D eigenvalue weighted by Gasteiger charge is -2.26. The molecule has 96 valence electrons. The van der Waals surface area contributed by atoms with E-state index in [2.05, 4.69) is 36.2 Å². The largest absolute Gasteiger partial charge is 0.323 e. The molecule has 2 unspecified atom stereocenters. The van der Waals surface area contributed by atoms with Crippen LogP contribution >= 0.6 is 23.1 Å². The number of aromatic nitrogens is 2. The average Bonchev–Trinajstić information content (AvgIpc) is 2.89. The van der Waals surface area contributed by atoms with Gasteiger partial charge in [0.2, 0.25) is 0 Å². The van der Waals surface area contributed by atoms with Gasteiger partial charge < -0.3 is 5.73 Å². The van der Waals surface area contributed by atoms with Crippen LogP contribution in [0.4, 0.5) is 0 Å². The predicted octanol–water partition coefficient (Wildman–Crippen LogP) is 3.35. The highest BCUT2D eigenvalue weighted by atomic mass is 32.2. The summed E-state index contributed by atoms with van der Waals surface area (Å²) in [5.41, 5.74) is 9.32. The lowest BCUT2D eigenvalue weighted by molar-refractivity contribution is 0.527. The van der Waals surface area contributed by atoms with Crippen molar-refractivity contribution in [3.63, 3.8) is 0 Å². The lowest BCUT2D eigenvalue weighted by Crippen LogP contribution is -2.28. The molecule has 0 spiro atoms. The van der Waals surface area contributed by atoms with E-state index in [1.165, 1.54) is 5.56 Å². The van der Waals surface area contributed by atoms with Crippen molar-refractivity contribution in [3.05, 3.63) is 41.4 Å². The van der Waals surface area contributed by atoms with Gasteiger partial charge in [0.05, 0.1) is 0 Å². The van der Waals surface area contributed by atoms with Gasteiger partial charge in [0, 0.05) is 11.3 Å². The van der Waals surface area contributed by atoms with Crippen LogP contribution in [0, 0.1) is 5.92 Å². The summed E-state index contributed by atoms with van der Waals surface area (Å²) < 4.78 is 0.986. The summed E-state index contributed by atoms with van der Waals surface area (Å²) in [6.07, 6.45) is 0. The van der Waals surface area contributed by atoms with Crippen LogP contribution in [0.2, 0.25) is 0 Å². The third-order valence-corrected chi connectivity index (χ3v) is 5.23. The molecule has 0 aliphatic carbocycles. The molecule has 1 aromatic carbocycles. The van der Waals surface area contributed by atoms with Gasteiger partial charge in [-0.3, -0.25) is 0 Å². The molecular formula is C13H17N3S2. The fourth-order valence-corrected chi connectivity index (χ4v) is 3.69. The molecule has 1 heterocycles. The van der Waals surface area contributed by atoms with E-state index in [1.807, 2.05) is 18.2 Å². The molecule has 0 amide bonds. The number of hydrogen-bond acceptors (Lipinski definition) is 5. The first-order chi connectivity index (χ1) is 8.68. The van der Waals surface area contributed by atoms with E-state index in [0.717, 1.165) is 4.34 Å². The van der Waals surface area contributed by atoms with Crippen LogP contribution in [0.25, 0.3) is 0 Å². The smallest absolute Gasteiger partial charge is 0.174 e. The summed E-state index contributed by atoms with van der Waals surface area (Å²) >= 11 is 3.29. The van der Waals surface area contributed by atoms with Crippen molar-refractivity contribution in [2.24, 2.45) is 11.7 Å². The van der Waals surface area contributed by atoms with E-state index < -0.39 is 0 Å². The SMILES string of the molecule is CC(C)C(Sc1nncs1)C(N)c1ccccc1. The van der Waals surface area contributed by atoms with Gasteiger partial charge in [-0.1, -0.05) is 67.3 Å². The van der Waals surface area contributed by atoms with Gasteiger partial charge in [-0.25, -0.2) is 0 Å². The Morgan fingerprint density at radius 2 is 1.94 bits per heavy atom. The lowest BCUT2D eigenvalue weighted by atomic mass is 9.97. The minimum atomic E-state index is 0.0140. The normalized spacial score (nSPS) is 14.7. The topological polar surface area (TPSA) is 51.8 Å². The second-order valence-corrected chi connectivity index (χ2v) is 6.73. The zero-order valence-electron chi connectivity index (χ0n) is 10.5. The Hall–Kier alpha value is -0.910. The van der Waals surface area contributed by atoms with Gasteiger partial charge in [0.25, 0.3) is 0 Å². The van der Waals surface area contributed by atoms with Crippen molar-refractivity contribution in [2.75, 3.05) is 0 Å². The maximum absolute atomic E-state index is 6.39. The first-order valence-corrected chi connectivity index (χ1v) is 7.67. The first kappa shape index (κ1) is 13.5. The molecule has 3 nitrogen and oxygen atoms in total. The Bertz CT molecular complexity index is 456. The van der Waals surface area contributed by atoms with E-state index >= 15 is 0 Å². The highest BCUT2D eigenvalue weighted by Crippen LogP contribution is 2.35. The van der Waals surface area contributed by atoms with Gasteiger partial charge in [-0.05, 0) is 11.5 Å². The minimum Gasteiger partial charge on any atom is -0.323 e. The molecule has 0 saturated carbocycles. The summed E-state index contributed by atoms with van der Waals surface area (Å²) in [4.78, 5) is 0. The fourth-order valence-electron chi connectivity index (χ4n) is 1.82. The quantitative estimate of drug-likeness (QED) is 0.853. The Labute approximate surface area is 116 Å². The number of rotatable bonds is 5. The van der Waals surface area contributed by atoms with Crippen molar-refractivity contribution in [1.29, 1.82) is 0 Å². The van der Waals surface area contributed by atoms with Crippen LogP contribution in [-0.4, -0.2) is 15.4 Å². The Kier molecular flexibility index (Phi) is 4.74. The van der Waals surface area contributed by atoms with Crippen LogP contribution in [0.15, 0.2) is 40.2 Å². The summed E-state index contributed by atoms with van der Waals surface area (Å²) in [7, 11) is 0. The first-order valence-electron chi connectivity index (χ1n) is 5.92. The number of benzene rings is 1. The summed E-state index contributed by atoms with van der Waals surface area (Å²) in [5, 5.41) is 8.27. The highest BCUT2D eigenvalue weighted by Gasteiger charge is 2.24. The number of nitrogens with zero attached hydrogens (tertiary/aromatic N) is 2. The van der Waals surface area contributed by atoms with Gasteiger partial charge >= 0.3 is 0 Å². The molecule has 0 aliphatic heterocycles. The van der Waals surface area contributed by atoms with Crippen LogP contribution in [-0.2, 0) is 0 Å². The van der Waals surface area contributed by atoms with Crippen molar-refractivity contribution in [3.8, 4) is 0 Å². The maximum atomic E-state index is 6.39. The molecule has 18 heavy (non-hydrogen) atoms. The zero-order chi connectivity index (χ0) is 13.0. The van der Waals surface area contributed by atoms with Crippen LogP contribution in [0.1, 0.15) is 25.5 Å². The maximum Gasteiger partial charge on any atom is 0.174 e. The number of hydrogen-bond donors (Lipinski definition) is 1. The summed E-state index contributed by atoms with van der Waals surface area (Å²) in [6.45, 7) is 4.39. The van der Waals surface area contributed by atoms with E-state index in [-0.39, 0.29) is 6.04 Å². The molecule has 0 aliphatic rings. The molecule has 1 aromatic heterocycles. The van der Waals surface area contributed by atoms with Crippen molar-refractivity contribution in [1.82, 2.24) is 10.2 Å². The molecule has 2 N–H and O–H groups in total. The highest BCUT2D eigenvalue weighted by molar-refractivity contribution is 8.01. The van der Waals surface area contributed by atoms with Gasteiger partial charge in [-0.15, -0.1) is 10.2 Å². The van der Waals surface area contributed by atoms with Gasteiger partial charge in [0.15, 0.2) is 4.34 Å². The van der Waals surface area contributed by atoms with Crippen molar-refractivity contribution in [2.45, 2.75) is 29.5 Å². The average molecular weight is 279 g/mol. The molecule has 0 saturated heterocycles. The predicted molar refractivity (Wildman–Crippen MR) is 77.8 cm³/mol. The Morgan fingerprint density at radius 3 is 2.50 bits per heavy atom. The van der Waals surface area contributed by atoms with Crippen LogP contribution in [0.5, 0.6) is 0 Å². The molecule has 2 aromatic rings. The van der Waals surface area contributed by atoms with Crippen molar-refractivity contribution < 1.29 is 0 Å². The third kappa shape index (κ3) is 3.31. The monoisotopic (exact) mass is 279 g/mol. The Balaban J connectivity index is 2.15. The molecule has 2 rings (SSSR count). The van der Waals surface area contributed by atoms with Gasteiger partial charge in [0.1, 0.15) is 5.51 Å². The van der Waals surface area contributed by atoms with E-state index in [0.29, 0.717) is 11.2 Å². The van der Waals surface area contributed by atoms with E-state index in [4.69, 9.17) is 5.73 Å². The van der Waals surface area contributed by atoms with E-state index in [9.17, 15) is 0 Å². The number of nitrogens with two attached hydrogens (primary N) is 1. The second kappa shape index (κ2) is 6.31.